The lowest BCUT2D eigenvalue weighted by atomic mass is 10.1. The van der Waals surface area contributed by atoms with Crippen LogP contribution < -0.4 is 5.32 Å². The first-order valence-electron chi connectivity index (χ1n) is 8.49. The molecule has 3 rings (SSSR count). The van der Waals surface area contributed by atoms with Crippen LogP contribution in [0.15, 0.2) is 42.5 Å². The van der Waals surface area contributed by atoms with Gasteiger partial charge in [-0.15, -0.1) is 0 Å². The highest BCUT2D eigenvalue weighted by atomic mass is 35.5. The van der Waals surface area contributed by atoms with Gasteiger partial charge in [0.05, 0.1) is 11.1 Å². The highest BCUT2D eigenvalue weighted by Crippen LogP contribution is 2.25. The van der Waals surface area contributed by atoms with E-state index >= 15 is 0 Å². The monoisotopic (exact) mass is 400 g/mol. The second-order valence-corrected chi connectivity index (χ2v) is 6.68. The van der Waals surface area contributed by atoms with E-state index in [1.807, 2.05) is 0 Å². The molecule has 2 aromatic carbocycles. The Morgan fingerprint density at radius 3 is 2.29 bits per heavy atom. The van der Waals surface area contributed by atoms with Gasteiger partial charge in [0, 0.05) is 10.7 Å². The maximum absolute atomic E-state index is 12.4. The third kappa shape index (κ3) is 3.61. The van der Waals surface area contributed by atoms with Crippen molar-refractivity contribution < 1.29 is 23.9 Å². The number of ether oxygens (including phenoxy) is 1. The fourth-order valence-electron chi connectivity index (χ4n) is 2.85. The van der Waals surface area contributed by atoms with Gasteiger partial charge in [0.1, 0.15) is 6.04 Å². The predicted octanol–water partition coefficient (Wildman–Crippen LogP) is 2.81. The molecule has 0 saturated carbocycles. The number of esters is 1. The maximum atomic E-state index is 12.4. The molecule has 1 heterocycles. The summed E-state index contributed by atoms with van der Waals surface area (Å²) in [6.45, 7) is 2.57. The lowest BCUT2D eigenvalue weighted by Crippen LogP contribution is -2.44. The number of fused-ring (bicyclic) bond motifs is 1. The number of imide groups is 1. The molecule has 8 heteroatoms. The Balaban J connectivity index is 1.61. The number of hydrogen-bond donors (Lipinski definition) is 1. The van der Waals surface area contributed by atoms with Gasteiger partial charge >= 0.3 is 5.97 Å². The number of carbonyl (C=O) groups excluding carboxylic acids is 4. The Hall–Kier alpha value is -3.19. The number of nitrogens with zero attached hydrogens (tertiary/aromatic N) is 1. The molecule has 1 N–H and O–H groups in total. The molecule has 0 spiro atoms. The molecule has 144 valence electrons. The molecule has 0 aromatic heterocycles. The van der Waals surface area contributed by atoms with Crippen molar-refractivity contribution in [1.29, 1.82) is 0 Å². The number of nitrogens with one attached hydrogen (secondary N) is 1. The zero-order valence-corrected chi connectivity index (χ0v) is 15.9. The molecular weight excluding hydrogens is 384 g/mol. The van der Waals surface area contributed by atoms with E-state index in [1.165, 1.54) is 19.1 Å². The molecule has 0 saturated heterocycles. The van der Waals surface area contributed by atoms with E-state index in [0.29, 0.717) is 16.3 Å². The van der Waals surface area contributed by atoms with Gasteiger partial charge in [-0.1, -0.05) is 29.8 Å². The summed E-state index contributed by atoms with van der Waals surface area (Å²) in [5, 5.41) is 3.09. The molecule has 2 aromatic rings. The Morgan fingerprint density at radius 2 is 1.68 bits per heavy atom. The van der Waals surface area contributed by atoms with E-state index in [-0.39, 0.29) is 11.1 Å². The highest BCUT2D eigenvalue weighted by molar-refractivity contribution is 6.31. The summed E-state index contributed by atoms with van der Waals surface area (Å²) in [5.41, 5.74) is 1.66. The fourth-order valence-corrected chi connectivity index (χ4v) is 3.03. The minimum absolute atomic E-state index is 0.237. The summed E-state index contributed by atoms with van der Waals surface area (Å²) in [7, 11) is 0. The minimum Gasteiger partial charge on any atom is -0.454 e. The summed E-state index contributed by atoms with van der Waals surface area (Å²) >= 11 is 6.00. The van der Waals surface area contributed by atoms with Crippen LogP contribution in [0.4, 0.5) is 5.69 Å². The average Bonchev–Trinajstić information content (AvgIpc) is 2.94. The third-order valence-corrected chi connectivity index (χ3v) is 4.85. The van der Waals surface area contributed by atoms with Crippen LogP contribution in [0, 0.1) is 6.92 Å². The lowest BCUT2D eigenvalue weighted by Gasteiger charge is -2.20. The predicted molar refractivity (Wildman–Crippen MR) is 102 cm³/mol. The highest BCUT2D eigenvalue weighted by Gasteiger charge is 2.41. The molecule has 1 aliphatic rings. The Bertz CT molecular complexity index is 953. The number of carbonyl (C=O) groups is 4. The van der Waals surface area contributed by atoms with Gasteiger partial charge < -0.3 is 10.1 Å². The molecule has 1 aliphatic heterocycles. The van der Waals surface area contributed by atoms with E-state index in [1.54, 1.807) is 37.3 Å². The van der Waals surface area contributed by atoms with Crippen molar-refractivity contribution in [2.24, 2.45) is 0 Å². The third-order valence-electron chi connectivity index (χ3n) is 4.44. The molecule has 0 aliphatic carbocycles. The quantitative estimate of drug-likeness (QED) is 0.615. The Morgan fingerprint density at radius 1 is 1.07 bits per heavy atom. The Labute approximate surface area is 166 Å². The molecule has 1 atom stereocenters. The van der Waals surface area contributed by atoms with Crippen molar-refractivity contribution >= 4 is 41.0 Å². The summed E-state index contributed by atoms with van der Waals surface area (Å²) in [6, 6.07) is 10.2. The van der Waals surface area contributed by atoms with Crippen LogP contribution in [0.2, 0.25) is 5.02 Å². The number of halogens is 1. The lowest BCUT2D eigenvalue weighted by molar-refractivity contribution is -0.150. The molecule has 7 nitrogen and oxygen atoms in total. The average molecular weight is 401 g/mol. The van der Waals surface area contributed by atoms with Crippen molar-refractivity contribution in [3.05, 3.63) is 64.2 Å². The summed E-state index contributed by atoms with van der Waals surface area (Å²) in [5.74, 6) is -2.55. The number of hydrogen-bond acceptors (Lipinski definition) is 5. The van der Waals surface area contributed by atoms with E-state index in [0.717, 1.165) is 4.90 Å². The van der Waals surface area contributed by atoms with E-state index in [2.05, 4.69) is 5.32 Å². The van der Waals surface area contributed by atoms with Gasteiger partial charge in [-0.2, -0.15) is 0 Å². The molecule has 3 amide bonds. The van der Waals surface area contributed by atoms with Gasteiger partial charge in [-0.05, 0) is 43.7 Å². The van der Waals surface area contributed by atoms with Gasteiger partial charge in [0.15, 0.2) is 6.61 Å². The van der Waals surface area contributed by atoms with Crippen molar-refractivity contribution in [3.8, 4) is 0 Å². The SMILES string of the molecule is Cc1c(Cl)cccc1NC(=O)COC(=O)[C@H](C)N1C(=O)c2ccccc2C1=O. The van der Waals surface area contributed by atoms with Crippen molar-refractivity contribution in [2.45, 2.75) is 19.9 Å². The van der Waals surface area contributed by atoms with Crippen LogP contribution in [0.25, 0.3) is 0 Å². The van der Waals surface area contributed by atoms with Crippen molar-refractivity contribution in [1.82, 2.24) is 4.90 Å². The van der Waals surface area contributed by atoms with Crippen molar-refractivity contribution in [3.63, 3.8) is 0 Å². The largest absolute Gasteiger partial charge is 0.454 e. The Kier molecular flexibility index (Phi) is 5.46. The molecule has 0 unspecified atom stereocenters. The van der Waals surface area contributed by atoms with Crippen LogP contribution >= 0.6 is 11.6 Å². The first-order chi connectivity index (χ1) is 13.3. The van der Waals surface area contributed by atoms with Gasteiger partial charge in [0.2, 0.25) is 0 Å². The zero-order chi connectivity index (χ0) is 20.4. The number of anilines is 1. The van der Waals surface area contributed by atoms with Crippen molar-refractivity contribution in [2.75, 3.05) is 11.9 Å². The first-order valence-corrected chi connectivity index (χ1v) is 8.87. The number of benzene rings is 2. The standard InChI is InChI=1S/C20H17ClN2O5/c1-11-15(21)8-5-9-16(11)22-17(24)10-28-20(27)12(2)23-18(25)13-6-3-4-7-14(13)19(23)26/h3-9,12H,10H2,1-2H3,(H,22,24)/t12-/m0/s1. The zero-order valence-electron chi connectivity index (χ0n) is 15.2. The number of rotatable bonds is 5. The van der Waals surface area contributed by atoms with Gasteiger partial charge in [-0.25, -0.2) is 4.79 Å². The normalized spacial score (nSPS) is 13.9. The fraction of sp³-hybridized carbons (Fsp3) is 0.200. The van der Waals surface area contributed by atoms with Crippen LogP contribution in [-0.4, -0.2) is 41.2 Å². The summed E-state index contributed by atoms with van der Waals surface area (Å²) in [6.07, 6.45) is 0. The van der Waals surface area contributed by atoms with E-state index < -0.39 is 36.3 Å². The second-order valence-electron chi connectivity index (χ2n) is 6.27. The van der Waals surface area contributed by atoms with Crippen LogP contribution in [-0.2, 0) is 14.3 Å². The topological polar surface area (TPSA) is 92.8 Å². The van der Waals surface area contributed by atoms with Gasteiger partial charge in [-0.3, -0.25) is 19.3 Å². The molecule has 0 radical (unpaired) electrons. The van der Waals surface area contributed by atoms with E-state index in [4.69, 9.17) is 16.3 Å². The van der Waals surface area contributed by atoms with Gasteiger partial charge in [0.25, 0.3) is 17.7 Å². The number of amides is 3. The van der Waals surface area contributed by atoms with E-state index in [9.17, 15) is 19.2 Å². The van der Waals surface area contributed by atoms with Crippen LogP contribution in [0.1, 0.15) is 33.2 Å². The summed E-state index contributed by atoms with van der Waals surface area (Å²) < 4.78 is 4.99. The first kappa shape index (κ1) is 19.6. The van der Waals surface area contributed by atoms with Crippen LogP contribution in [0.3, 0.4) is 0 Å². The van der Waals surface area contributed by atoms with Crippen LogP contribution in [0.5, 0.6) is 0 Å². The second kappa shape index (κ2) is 7.82. The molecule has 0 bridgehead atoms. The minimum atomic E-state index is -1.16. The molecule has 0 fully saturated rings. The maximum Gasteiger partial charge on any atom is 0.329 e. The smallest absolute Gasteiger partial charge is 0.329 e. The molecular formula is C20H17ClN2O5. The summed E-state index contributed by atoms with van der Waals surface area (Å²) in [4.78, 5) is 50.0. The molecule has 28 heavy (non-hydrogen) atoms.